The van der Waals surface area contributed by atoms with Crippen molar-refractivity contribution in [1.82, 2.24) is 25.1 Å². The minimum atomic E-state index is -0.694. The quantitative estimate of drug-likeness (QED) is 0.352. The van der Waals surface area contributed by atoms with Crippen molar-refractivity contribution in [3.8, 4) is 22.8 Å². The monoisotopic (exact) mass is 473 g/mol. The van der Waals surface area contributed by atoms with Gasteiger partial charge in [-0.25, -0.2) is 13.8 Å². The third-order valence-electron chi connectivity index (χ3n) is 5.63. The lowest BCUT2D eigenvalue weighted by Crippen LogP contribution is -2.23. The summed E-state index contributed by atoms with van der Waals surface area (Å²) in [6.45, 7) is 1.77. The van der Waals surface area contributed by atoms with E-state index in [0.717, 1.165) is 22.7 Å². The van der Waals surface area contributed by atoms with Crippen LogP contribution in [-0.4, -0.2) is 25.7 Å². The number of benzene rings is 2. The second-order valence-electron chi connectivity index (χ2n) is 8.15. The molecule has 2 aromatic carbocycles. The third-order valence-corrected chi connectivity index (χ3v) is 5.63. The van der Waals surface area contributed by atoms with Crippen LogP contribution in [0, 0.1) is 18.6 Å². The van der Waals surface area contributed by atoms with Crippen LogP contribution in [0.3, 0.4) is 0 Å². The molecule has 5 rings (SSSR count). The molecule has 176 valence electrons. The maximum Gasteiger partial charge on any atom is 0.251 e. The first kappa shape index (κ1) is 22.3. The van der Waals surface area contributed by atoms with Crippen molar-refractivity contribution < 1.29 is 18.3 Å². The Kier molecular flexibility index (Phi) is 5.74. The molecule has 0 aliphatic carbocycles. The van der Waals surface area contributed by atoms with E-state index in [1.165, 1.54) is 12.1 Å². The number of carbonyl (C=O) groups excluding carboxylic acids is 1. The van der Waals surface area contributed by atoms with Gasteiger partial charge >= 0.3 is 0 Å². The fourth-order valence-corrected chi connectivity index (χ4v) is 3.89. The van der Waals surface area contributed by atoms with Gasteiger partial charge in [0.1, 0.15) is 28.8 Å². The number of aromatic nitrogens is 4. The average molecular weight is 473 g/mol. The molecule has 0 atom stereocenters. The zero-order chi connectivity index (χ0) is 24.5. The first-order valence-corrected chi connectivity index (χ1v) is 10.8. The number of aromatic amines is 1. The maximum absolute atomic E-state index is 13.4. The van der Waals surface area contributed by atoms with E-state index in [1.54, 1.807) is 48.3 Å². The molecular weight excluding hydrogens is 452 g/mol. The fraction of sp³-hybridized carbons (Fsp3) is 0.115. The Morgan fingerprint density at radius 2 is 1.91 bits per heavy atom. The fourth-order valence-electron chi connectivity index (χ4n) is 3.89. The lowest BCUT2D eigenvalue weighted by molar-refractivity contribution is 0.0950. The van der Waals surface area contributed by atoms with Gasteiger partial charge in [-0.2, -0.15) is 5.10 Å². The Morgan fingerprint density at radius 1 is 1.11 bits per heavy atom. The van der Waals surface area contributed by atoms with Gasteiger partial charge in [-0.05, 0) is 48.9 Å². The normalized spacial score (nSPS) is 11.1. The number of rotatable bonds is 6. The highest BCUT2D eigenvalue weighted by atomic mass is 19.1. The SMILES string of the molecule is Cc1c(Oc2ccnc3[nH]c(-c4cnn(C)c4)cc23)cccc1C(=O)NCc1cc(F)cc(F)c1. The maximum atomic E-state index is 13.4. The summed E-state index contributed by atoms with van der Waals surface area (Å²) in [6.07, 6.45) is 5.30. The predicted octanol–water partition coefficient (Wildman–Crippen LogP) is 5.27. The summed E-state index contributed by atoms with van der Waals surface area (Å²) < 4.78 is 34.8. The van der Waals surface area contributed by atoms with Gasteiger partial charge in [0, 0.05) is 48.7 Å². The van der Waals surface area contributed by atoms with E-state index in [4.69, 9.17) is 4.74 Å². The number of halogens is 2. The van der Waals surface area contributed by atoms with Gasteiger partial charge in [0.2, 0.25) is 0 Å². The van der Waals surface area contributed by atoms with Gasteiger partial charge < -0.3 is 15.0 Å². The van der Waals surface area contributed by atoms with Crippen LogP contribution in [0.25, 0.3) is 22.3 Å². The molecular formula is C26H21F2N5O2. The standard InChI is InChI=1S/C26H21F2N5O2/c1-15-20(26(34)30-12-16-8-18(27)10-19(28)9-16)4-3-5-23(15)35-24-6-7-29-25-21(24)11-22(32-25)17-13-31-33(2)14-17/h3-11,13-14H,12H2,1-2H3,(H,29,32)(H,30,34). The molecule has 0 fully saturated rings. The van der Waals surface area contributed by atoms with Crippen LogP contribution < -0.4 is 10.1 Å². The second kappa shape index (κ2) is 9.02. The van der Waals surface area contributed by atoms with E-state index in [-0.39, 0.29) is 12.5 Å². The third kappa shape index (κ3) is 4.61. The molecule has 1 amide bonds. The van der Waals surface area contributed by atoms with Crippen LogP contribution in [0.5, 0.6) is 11.5 Å². The van der Waals surface area contributed by atoms with Crippen molar-refractivity contribution in [2.24, 2.45) is 7.05 Å². The highest BCUT2D eigenvalue weighted by Gasteiger charge is 2.16. The number of hydrogen-bond acceptors (Lipinski definition) is 4. The molecule has 2 N–H and O–H groups in total. The summed E-state index contributed by atoms with van der Waals surface area (Å²) in [7, 11) is 1.85. The average Bonchev–Trinajstić information content (AvgIpc) is 3.45. The van der Waals surface area contributed by atoms with Crippen molar-refractivity contribution in [2.45, 2.75) is 13.5 Å². The van der Waals surface area contributed by atoms with Gasteiger partial charge in [-0.3, -0.25) is 9.48 Å². The number of nitrogens with one attached hydrogen (secondary N) is 2. The Bertz CT molecular complexity index is 1540. The van der Waals surface area contributed by atoms with Crippen molar-refractivity contribution >= 4 is 16.9 Å². The summed E-state index contributed by atoms with van der Waals surface area (Å²) in [4.78, 5) is 20.5. The zero-order valence-corrected chi connectivity index (χ0v) is 19.0. The topological polar surface area (TPSA) is 84.8 Å². The van der Waals surface area contributed by atoms with Gasteiger partial charge in [-0.1, -0.05) is 6.07 Å². The highest BCUT2D eigenvalue weighted by Crippen LogP contribution is 2.34. The van der Waals surface area contributed by atoms with Gasteiger partial charge in [0.25, 0.3) is 5.91 Å². The molecule has 3 heterocycles. The summed E-state index contributed by atoms with van der Waals surface area (Å²) >= 11 is 0. The predicted molar refractivity (Wildman–Crippen MR) is 127 cm³/mol. The van der Waals surface area contributed by atoms with Crippen molar-refractivity contribution in [2.75, 3.05) is 0 Å². The van der Waals surface area contributed by atoms with Crippen LogP contribution in [0.4, 0.5) is 8.78 Å². The summed E-state index contributed by atoms with van der Waals surface area (Å²) in [5.41, 5.74) is 3.80. The first-order valence-electron chi connectivity index (χ1n) is 10.8. The minimum absolute atomic E-state index is 0.0104. The van der Waals surface area contributed by atoms with E-state index in [1.807, 2.05) is 19.3 Å². The van der Waals surface area contributed by atoms with E-state index < -0.39 is 11.6 Å². The lowest BCUT2D eigenvalue weighted by Gasteiger charge is -2.13. The molecule has 7 nitrogen and oxygen atoms in total. The number of carbonyl (C=O) groups is 1. The van der Waals surface area contributed by atoms with E-state index in [0.29, 0.717) is 33.8 Å². The van der Waals surface area contributed by atoms with Gasteiger partial charge in [0.15, 0.2) is 0 Å². The summed E-state index contributed by atoms with van der Waals surface area (Å²) in [6, 6.07) is 12.0. The molecule has 35 heavy (non-hydrogen) atoms. The Labute approximate surface area is 199 Å². The van der Waals surface area contributed by atoms with E-state index in [9.17, 15) is 13.6 Å². The molecule has 0 spiro atoms. The van der Waals surface area contributed by atoms with Crippen LogP contribution in [0.1, 0.15) is 21.5 Å². The molecule has 0 aliphatic heterocycles. The molecule has 0 saturated carbocycles. The number of ether oxygens (including phenoxy) is 1. The van der Waals surface area contributed by atoms with Crippen LogP contribution in [0.15, 0.2) is 67.1 Å². The highest BCUT2D eigenvalue weighted by molar-refractivity contribution is 5.96. The largest absolute Gasteiger partial charge is 0.456 e. The van der Waals surface area contributed by atoms with Crippen LogP contribution in [0.2, 0.25) is 0 Å². The number of aryl methyl sites for hydroxylation is 1. The summed E-state index contributed by atoms with van der Waals surface area (Å²) in [5.74, 6) is -0.678. The number of pyridine rings is 1. The zero-order valence-electron chi connectivity index (χ0n) is 19.0. The first-order chi connectivity index (χ1) is 16.9. The van der Waals surface area contributed by atoms with Crippen molar-refractivity contribution in [1.29, 1.82) is 0 Å². The second-order valence-corrected chi connectivity index (χ2v) is 8.15. The Balaban J connectivity index is 1.39. The Morgan fingerprint density at radius 3 is 2.66 bits per heavy atom. The number of amides is 1. The number of hydrogen-bond donors (Lipinski definition) is 2. The molecule has 0 saturated heterocycles. The molecule has 9 heteroatoms. The van der Waals surface area contributed by atoms with Crippen LogP contribution >= 0.6 is 0 Å². The number of fused-ring (bicyclic) bond motifs is 1. The van der Waals surface area contributed by atoms with E-state index in [2.05, 4.69) is 20.4 Å². The van der Waals surface area contributed by atoms with Crippen molar-refractivity contribution in [3.63, 3.8) is 0 Å². The number of nitrogens with zero attached hydrogens (tertiary/aromatic N) is 3. The molecule has 0 bridgehead atoms. The Hall–Kier alpha value is -4.53. The molecule has 3 aromatic heterocycles. The molecule has 0 aliphatic rings. The summed E-state index contributed by atoms with van der Waals surface area (Å²) in [5, 5.41) is 7.69. The minimum Gasteiger partial charge on any atom is -0.456 e. The molecule has 0 radical (unpaired) electrons. The van der Waals surface area contributed by atoms with Gasteiger partial charge in [0.05, 0.1) is 17.3 Å². The molecule has 5 aromatic rings. The molecule has 0 unspecified atom stereocenters. The van der Waals surface area contributed by atoms with Crippen molar-refractivity contribution in [3.05, 3.63) is 95.4 Å². The van der Waals surface area contributed by atoms with E-state index >= 15 is 0 Å². The van der Waals surface area contributed by atoms with Crippen LogP contribution in [-0.2, 0) is 13.6 Å². The smallest absolute Gasteiger partial charge is 0.251 e. The van der Waals surface area contributed by atoms with Gasteiger partial charge in [-0.15, -0.1) is 0 Å². The number of H-pyrrole nitrogens is 1. The lowest BCUT2D eigenvalue weighted by atomic mass is 10.1.